The molecule has 13 heavy (non-hydrogen) atoms. The van der Waals surface area contributed by atoms with Gasteiger partial charge in [0.05, 0.1) is 6.61 Å². The summed E-state index contributed by atoms with van der Waals surface area (Å²) in [6.45, 7) is -0.760. The van der Waals surface area contributed by atoms with Crippen LogP contribution in [-0.2, 0) is 4.79 Å². The van der Waals surface area contributed by atoms with E-state index in [4.69, 9.17) is 25.5 Å². The predicted molar refractivity (Wildman–Crippen MR) is 48.3 cm³/mol. The minimum atomic E-state index is -1.79. The number of hydrogen-bond donors (Lipinski definition) is 5. The summed E-state index contributed by atoms with van der Waals surface area (Å²) in [7, 11) is 0. The van der Waals surface area contributed by atoms with E-state index >= 15 is 0 Å². The second-order valence-corrected chi connectivity index (χ2v) is 2.36. The standard InChI is InChI=1S/C6H12O6.H3P/c7-1-3(9)5(11)6(12)4(10)2-8;/h1,3-6,8-12H,2H2;1H3. The summed E-state index contributed by atoms with van der Waals surface area (Å²) in [5.74, 6) is 0. The highest BCUT2D eigenvalue weighted by molar-refractivity contribution is 6.92. The van der Waals surface area contributed by atoms with E-state index in [-0.39, 0.29) is 16.2 Å². The van der Waals surface area contributed by atoms with Crippen molar-refractivity contribution in [3.05, 3.63) is 0 Å². The molecular formula is C6H15O6P. The van der Waals surface area contributed by atoms with Gasteiger partial charge in [0.2, 0.25) is 0 Å². The van der Waals surface area contributed by atoms with Crippen molar-refractivity contribution in [1.29, 1.82) is 0 Å². The van der Waals surface area contributed by atoms with Gasteiger partial charge in [-0.15, -0.1) is 0 Å². The van der Waals surface area contributed by atoms with Crippen LogP contribution in [0, 0.1) is 0 Å². The second-order valence-electron chi connectivity index (χ2n) is 2.36. The van der Waals surface area contributed by atoms with Crippen LogP contribution < -0.4 is 0 Å². The summed E-state index contributed by atoms with van der Waals surface area (Å²) in [6.07, 6.45) is -6.84. The minimum absolute atomic E-state index is 0. The summed E-state index contributed by atoms with van der Waals surface area (Å²) in [6, 6.07) is 0. The van der Waals surface area contributed by atoms with Crippen LogP contribution >= 0.6 is 9.90 Å². The first-order chi connectivity index (χ1) is 5.54. The van der Waals surface area contributed by atoms with Crippen molar-refractivity contribution in [1.82, 2.24) is 0 Å². The summed E-state index contributed by atoms with van der Waals surface area (Å²) in [5, 5.41) is 43.5. The van der Waals surface area contributed by atoms with Crippen molar-refractivity contribution in [3.8, 4) is 0 Å². The van der Waals surface area contributed by atoms with Gasteiger partial charge in [-0.25, -0.2) is 0 Å². The van der Waals surface area contributed by atoms with Crippen molar-refractivity contribution in [2.24, 2.45) is 0 Å². The predicted octanol–water partition coefficient (Wildman–Crippen LogP) is -3.32. The van der Waals surface area contributed by atoms with Crippen LogP contribution in [0.5, 0.6) is 0 Å². The van der Waals surface area contributed by atoms with Gasteiger partial charge < -0.3 is 30.3 Å². The van der Waals surface area contributed by atoms with Gasteiger partial charge in [0.15, 0.2) is 6.29 Å². The summed E-state index contributed by atoms with van der Waals surface area (Å²) < 4.78 is 0. The Morgan fingerprint density at radius 1 is 1.08 bits per heavy atom. The number of aliphatic hydroxyl groups is 5. The maximum absolute atomic E-state index is 9.90. The van der Waals surface area contributed by atoms with Crippen molar-refractivity contribution in [3.63, 3.8) is 0 Å². The van der Waals surface area contributed by atoms with Crippen molar-refractivity contribution in [2.75, 3.05) is 6.61 Å². The van der Waals surface area contributed by atoms with Crippen LogP contribution in [0.25, 0.3) is 0 Å². The Balaban J connectivity index is 0. The molecule has 80 valence electrons. The molecule has 0 aromatic rings. The average Bonchev–Trinajstić information content (AvgIpc) is 2.12. The third kappa shape index (κ3) is 4.61. The second kappa shape index (κ2) is 7.32. The SMILES string of the molecule is O=CC(O)C(O)C(O)C(O)CO.P. The van der Waals surface area contributed by atoms with Crippen molar-refractivity contribution in [2.45, 2.75) is 24.4 Å². The van der Waals surface area contributed by atoms with Crippen LogP contribution in [0.4, 0.5) is 0 Å². The summed E-state index contributed by atoms with van der Waals surface area (Å²) in [5.41, 5.74) is 0. The highest BCUT2D eigenvalue weighted by Gasteiger charge is 2.29. The molecule has 0 aliphatic carbocycles. The molecule has 7 heteroatoms. The zero-order valence-electron chi connectivity index (χ0n) is 6.95. The highest BCUT2D eigenvalue weighted by atomic mass is 31.0. The van der Waals surface area contributed by atoms with Crippen LogP contribution in [0.1, 0.15) is 0 Å². The first-order valence-corrected chi connectivity index (χ1v) is 3.33. The normalized spacial score (nSPS) is 19.5. The Bertz CT molecular complexity index is 143. The lowest BCUT2D eigenvalue weighted by Crippen LogP contribution is -2.46. The van der Waals surface area contributed by atoms with E-state index < -0.39 is 31.0 Å². The fourth-order valence-corrected chi connectivity index (χ4v) is 0.618. The van der Waals surface area contributed by atoms with E-state index in [1.54, 1.807) is 0 Å². The number of rotatable bonds is 5. The van der Waals surface area contributed by atoms with Crippen LogP contribution in [0.3, 0.4) is 0 Å². The maximum Gasteiger partial charge on any atom is 0.151 e. The van der Waals surface area contributed by atoms with E-state index in [1.165, 1.54) is 0 Å². The van der Waals surface area contributed by atoms with Gasteiger partial charge in [0.25, 0.3) is 0 Å². The Hall–Kier alpha value is -0.1000. The van der Waals surface area contributed by atoms with Crippen LogP contribution in [0.2, 0.25) is 0 Å². The van der Waals surface area contributed by atoms with Gasteiger partial charge in [-0.2, -0.15) is 9.90 Å². The van der Waals surface area contributed by atoms with Gasteiger partial charge in [0.1, 0.15) is 24.4 Å². The van der Waals surface area contributed by atoms with Gasteiger partial charge >= 0.3 is 0 Å². The molecule has 0 aliphatic heterocycles. The van der Waals surface area contributed by atoms with Gasteiger partial charge in [0, 0.05) is 0 Å². The monoisotopic (exact) mass is 214 g/mol. The molecule has 0 bridgehead atoms. The quantitative estimate of drug-likeness (QED) is 0.241. The zero-order valence-corrected chi connectivity index (χ0v) is 8.36. The Morgan fingerprint density at radius 3 is 1.85 bits per heavy atom. The maximum atomic E-state index is 9.90. The lowest BCUT2D eigenvalue weighted by atomic mass is 10.0. The van der Waals surface area contributed by atoms with Gasteiger partial charge in [-0.05, 0) is 0 Å². The van der Waals surface area contributed by atoms with E-state index in [1.807, 2.05) is 0 Å². The molecule has 0 aromatic carbocycles. The molecule has 0 aliphatic rings. The van der Waals surface area contributed by atoms with E-state index in [0.29, 0.717) is 0 Å². The van der Waals surface area contributed by atoms with E-state index in [2.05, 4.69) is 0 Å². The van der Waals surface area contributed by atoms with Gasteiger partial charge in [-0.1, -0.05) is 0 Å². The molecule has 5 atom stereocenters. The van der Waals surface area contributed by atoms with Gasteiger partial charge in [-0.3, -0.25) is 0 Å². The molecule has 0 saturated carbocycles. The number of aliphatic hydroxyl groups excluding tert-OH is 5. The summed E-state index contributed by atoms with van der Waals surface area (Å²) in [4.78, 5) is 9.90. The topological polar surface area (TPSA) is 118 Å². The lowest BCUT2D eigenvalue weighted by molar-refractivity contribution is -0.136. The molecule has 5 unspecified atom stereocenters. The number of carbonyl (C=O) groups is 1. The zero-order chi connectivity index (χ0) is 9.72. The molecule has 6 nitrogen and oxygen atoms in total. The largest absolute Gasteiger partial charge is 0.394 e. The molecule has 0 amide bonds. The Labute approximate surface area is 78.4 Å². The molecule has 0 aromatic heterocycles. The molecular weight excluding hydrogens is 199 g/mol. The van der Waals surface area contributed by atoms with E-state index in [0.717, 1.165) is 0 Å². The third-order valence-electron chi connectivity index (χ3n) is 1.42. The first kappa shape index (κ1) is 15.4. The van der Waals surface area contributed by atoms with E-state index in [9.17, 15) is 4.79 Å². The third-order valence-corrected chi connectivity index (χ3v) is 1.42. The first-order valence-electron chi connectivity index (χ1n) is 3.33. The molecule has 5 N–H and O–H groups in total. The van der Waals surface area contributed by atoms with Crippen molar-refractivity contribution < 1.29 is 30.3 Å². The smallest absolute Gasteiger partial charge is 0.151 e. The lowest BCUT2D eigenvalue weighted by Gasteiger charge is -2.22. The summed E-state index contributed by atoms with van der Waals surface area (Å²) >= 11 is 0. The fraction of sp³-hybridized carbons (Fsp3) is 0.833. The van der Waals surface area contributed by atoms with Crippen LogP contribution in [0.15, 0.2) is 0 Å². The average molecular weight is 214 g/mol. The highest BCUT2D eigenvalue weighted by Crippen LogP contribution is 2.02. The molecule has 0 saturated heterocycles. The molecule has 0 spiro atoms. The Morgan fingerprint density at radius 2 is 1.54 bits per heavy atom. The molecule has 0 rings (SSSR count). The molecule has 0 fully saturated rings. The fourth-order valence-electron chi connectivity index (χ4n) is 0.618. The van der Waals surface area contributed by atoms with Crippen LogP contribution in [-0.4, -0.2) is 62.8 Å². The molecule has 0 heterocycles. The van der Waals surface area contributed by atoms with Crippen molar-refractivity contribution >= 4 is 16.2 Å². The number of aldehydes is 1. The number of carbonyl (C=O) groups excluding carboxylic acids is 1. The number of hydrogen-bond acceptors (Lipinski definition) is 6. The minimum Gasteiger partial charge on any atom is -0.394 e. The Kier molecular flexibility index (Phi) is 8.65. The molecule has 0 radical (unpaired) electrons.